The molecule has 3 aromatic carbocycles. The molecule has 0 atom stereocenters. The van der Waals surface area contributed by atoms with Gasteiger partial charge < -0.3 is 9.15 Å². The monoisotopic (exact) mass is 476 g/mol. The first-order valence-electron chi connectivity index (χ1n) is 10.7. The van der Waals surface area contributed by atoms with Crippen LogP contribution in [0.3, 0.4) is 0 Å². The topological polar surface area (TPSA) is 98.5 Å². The second-order valence-electron chi connectivity index (χ2n) is 8.10. The van der Waals surface area contributed by atoms with E-state index < -0.39 is 16.0 Å². The van der Waals surface area contributed by atoms with Crippen LogP contribution in [0.5, 0.6) is 0 Å². The predicted molar refractivity (Wildman–Crippen MR) is 130 cm³/mol. The molecule has 0 unspecified atom stereocenters. The van der Waals surface area contributed by atoms with E-state index in [1.54, 1.807) is 18.3 Å². The van der Waals surface area contributed by atoms with E-state index in [0.29, 0.717) is 35.1 Å². The highest BCUT2D eigenvalue weighted by molar-refractivity contribution is 7.92. The van der Waals surface area contributed by atoms with Crippen LogP contribution in [0.2, 0.25) is 0 Å². The highest BCUT2D eigenvalue weighted by atomic mass is 32.2. The van der Waals surface area contributed by atoms with Gasteiger partial charge in [0.25, 0.3) is 10.0 Å². The van der Waals surface area contributed by atoms with Crippen molar-refractivity contribution in [1.29, 1.82) is 0 Å². The van der Waals surface area contributed by atoms with Gasteiger partial charge in [0.1, 0.15) is 0 Å². The zero-order valence-corrected chi connectivity index (χ0v) is 19.6. The second kappa shape index (κ2) is 9.93. The lowest BCUT2D eigenvalue weighted by atomic mass is 10.2. The zero-order valence-electron chi connectivity index (χ0n) is 18.8. The fourth-order valence-electron chi connectivity index (χ4n) is 3.13. The maximum absolute atomic E-state index is 12.8. The van der Waals surface area contributed by atoms with E-state index in [1.807, 2.05) is 44.2 Å². The number of carbonyl (C=O) groups is 1. The Morgan fingerprint density at radius 3 is 2.26 bits per heavy atom. The van der Waals surface area contributed by atoms with Gasteiger partial charge in [0.05, 0.1) is 23.3 Å². The summed E-state index contributed by atoms with van der Waals surface area (Å²) in [6, 6.07) is 21.9. The third kappa shape index (κ3) is 5.52. The summed E-state index contributed by atoms with van der Waals surface area (Å²) in [6.45, 7) is 4.22. The van der Waals surface area contributed by atoms with Crippen molar-refractivity contribution in [1.82, 2.24) is 4.98 Å². The summed E-state index contributed by atoms with van der Waals surface area (Å²) in [7, 11) is -3.82. The summed E-state index contributed by atoms with van der Waals surface area (Å²) in [6.07, 6.45) is 1.64. The highest BCUT2D eigenvalue weighted by Crippen LogP contribution is 2.27. The average Bonchev–Trinajstić information content (AvgIpc) is 3.34. The van der Waals surface area contributed by atoms with Crippen molar-refractivity contribution in [3.8, 4) is 22.8 Å². The Bertz CT molecular complexity index is 1360. The van der Waals surface area contributed by atoms with Crippen molar-refractivity contribution in [3.05, 3.63) is 90.6 Å². The van der Waals surface area contributed by atoms with Crippen molar-refractivity contribution < 1.29 is 22.4 Å². The Balaban J connectivity index is 1.44. The van der Waals surface area contributed by atoms with E-state index in [-0.39, 0.29) is 10.8 Å². The van der Waals surface area contributed by atoms with Gasteiger partial charge >= 0.3 is 5.97 Å². The van der Waals surface area contributed by atoms with E-state index in [0.717, 1.165) is 5.56 Å². The number of esters is 1. The lowest BCUT2D eigenvalue weighted by Crippen LogP contribution is -2.13. The number of nitrogens with zero attached hydrogens (tertiary/aromatic N) is 1. The molecule has 8 heteroatoms. The Morgan fingerprint density at radius 1 is 0.941 bits per heavy atom. The molecule has 0 aliphatic heterocycles. The number of carbonyl (C=O) groups excluding carboxylic acids is 1. The summed E-state index contributed by atoms with van der Waals surface area (Å²) in [5.41, 5.74) is 2.26. The lowest BCUT2D eigenvalue weighted by Gasteiger charge is -2.10. The molecule has 1 heterocycles. The van der Waals surface area contributed by atoms with Gasteiger partial charge in [0.2, 0.25) is 5.89 Å². The van der Waals surface area contributed by atoms with Gasteiger partial charge in [-0.1, -0.05) is 44.2 Å². The number of hydrogen-bond acceptors (Lipinski definition) is 6. The van der Waals surface area contributed by atoms with Gasteiger partial charge in [-0.05, 0) is 54.4 Å². The summed E-state index contributed by atoms with van der Waals surface area (Å²) >= 11 is 0. The summed E-state index contributed by atoms with van der Waals surface area (Å²) in [5.74, 6) is 0.817. The van der Waals surface area contributed by atoms with Crippen LogP contribution in [-0.2, 0) is 14.8 Å². The quantitative estimate of drug-likeness (QED) is 0.331. The molecule has 0 amide bonds. The highest BCUT2D eigenvalue weighted by Gasteiger charge is 2.16. The number of anilines is 1. The van der Waals surface area contributed by atoms with Crippen LogP contribution >= 0.6 is 0 Å². The van der Waals surface area contributed by atoms with Crippen LogP contribution in [-0.4, -0.2) is 26.0 Å². The number of benzene rings is 3. The second-order valence-corrected chi connectivity index (χ2v) is 9.78. The van der Waals surface area contributed by atoms with Gasteiger partial charge in [-0.2, -0.15) is 0 Å². The zero-order chi connectivity index (χ0) is 24.1. The molecule has 0 aliphatic carbocycles. The number of rotatable bonds is 8. The van der Waals surface area contributed by atoms with Crippen LogP contribution in [0.15, 0.2) is 94.4 Å². The molecule has 0 saturated heterocycles. The van der Waals surface area contributed by atoms with Gasteiger partial charge in [-0.25, -0.2) is 18.2 Å². The fourth-order valence-corrected chi connectivity index (χ4v) is 4.19. The molecule has 34 heavy (non-hydrogen) atoms. The first-order chi connectivity index (χ1) is 16.3. The molecule has 1 N–H and O–H groups in total. The Morgan fingerprint density at radius 2 is 1.62 bits per heavy atom. The minimum absolute atomic E-state index is 0.0894. The third-order valence-electron chi connectivity index (χ3n) is 4.90. The maximum atomic E-state index is 12.8. The van der Waals surface area contributed by atoms with Crippen molar-refractivity contribution >= 4 is 21.7 Å². The molecule has 0 spiro atoms. The molecule has 4 rings (SSSR count). The van der Waals surface area contributed by atoms with Crippen LogP contribution in [0.4, 0.5) is 5.69 Å². The Labute approximate surface area is 198 Å². The van der Waals surface area contributed by atoms with Crippen molar-refractivity contribution in [2.24, 2.45) is 5.92 Å². The van der Waals surface area contributed by atoms with E-state index >= 15 is 0 Å². The van der Waals surface area contributed by atoms with Gasteiger partial charge in [0, 0.05) is 16.8 Å². The molecule has 0 fully saturated rings. The first-order valence-corrected chi connectivity index (χ1v) is 12.2. The maximum Gasteiger partial charge on any atom is 0.338 e. The molecule has 174 valence electrons. The summed E-state index contributed by atoms with van der Waals surface area (Å²) < 4.78 is 39.1. The first kappa shape index (κ1) is 23.3. The minimum Gasteiger partial charge on any atom is -0.462 e. The van der Waals surface area contributed by atoms with Crippen LogP contribution < -0.4 is 4.72 Å². The molecule has 1 aromatic heterocycles. The number of nitrogens with one attached hydrogen (secondary N) is 1. The smallest absolute Gasteiger partial charge is 0.338 e. The predicted octanol–water partition coefficient (Wildman–Crippen LogP) is 5.62. The molecule has 0 aliphatic rings. The molecule has 0 radical (unpaired) electrons. The van der Waals surface area contributed by atoms with Crippen molar-refractivity contribution in [2.75, 3.05) is 11.3 Å². The number of hydrogen-bond donors (Lipinski definition) is 1. The normalized spacial score (nSPS) is 11.4. The number of aromatic nitrogens is 1. The SMILES string of the molecule is CC(C)COC(=O)c1ccc(NS(=O)(=O)c2ccc(-c3ncc(-c4ccccc4)o3)cc2)cc1. The minimum atomic E-state index is -3.82. The lowest BCUT2D eigenvalue weighted by molar-refractivity contribution is 0.0459. The van der Waals surface area contributed by atoms with Gasteiger partial charge in [-0.3, -0.25) is 4.72 Å². The molecule has 4 aromatic rings. The Hall–Kier alpha value is -3.91. The average molecular weight is 477 g/mol. The standard InChI is InChI=1S/C26H24N2O5S/c1-18(2)17-32-26(29)21-8-12-22(13-9-21)28-34(30,31)23-14-10-20(11-15-23)25-27-16-24(33-25)19-6-4-3-5-7-19/h3-16,18,28H,17H2,1-2H3. The molecule has 0 saturated carbocycles. The van der Waals surface area contributed by atoms with E-state index in [9.17, 15) is 13.2 Å². The van der Waals surface area contributed by atoms with Gasteiger partial charge in [-0.15, -0.1) is 0 Å². The molecule has 0 bridgehead atoms. The fraction of sp³-hybridized carbons (Fsp3) is 0.154. The summed E-state index contributed by atoms with van der Waals surface area (Å²) in [5, 5.41) is 0. The van der Waals surface area contributed by atoms with Crippen molar-refractivity contribution in [3.63, 3.8) is 0 Å². The third-order valence-corrected chi connectivity index (χ3v) is 6.29. The van der Waals surface area contributed by atoms with E-state index in [4.69, 9.17) is 9.15 Å². The van der Waals surface area contributed by atoms with Crippen molar-refractivity contribution in [2.45, 2.75) is 18.7 Å². The Kier molecular flexibility index (Phi) is 6.79. The summed E-state index contributed by atoms with van der Waals surface area (Å²) in [4.78, 5) is 16.4. The van der Waals surface area contributed by atoms with Gasteiger partial charge in [0.15, 0.2) is 5.76 Å². The molecular formula is C26H24N2O5S. The van der Waals surface area contributed by atoms with Crippen LogP contribution in [0.25, 0.3) is 22.8 Å². The molecule has 7 nitrogen and oxygen atoms in total. The number of sulfonamides is 1. The molecular weight excluding hydrogens is 452 g/mol. The van der Waals surface area contributed by atoms with Crippen LogP contribution in [0, 0.1) is 5.92 Å². The van der Waals surface area contributed by atoms with Crippen LogP contribution in [0.1, 0.15) is 24.2 Å². The number of oxazole rings is 1. The van der Waals surface area contributed by atoms with E-state index in [2.05, 4.69) is 9.71 Å². The number of ether oxygens (including phenoxy) is 1. The largest absolute Gasteiger partial charge is 0.462 e. The van der Waals surface area contributed by atoms with E-state index in [1.165, 1.54) is 36.4 Å².